The van der Waals surface area contributed by atoms with Crippen LogP contribution in [0.5, 0.6) is 0 Å². The van der Waals surface area contributed by atoms with Crippen LogP contribution in [-0.2, 0) is 16.4 Å². The zero-order valence-electron chi connectivity index (χ0n) is 15.8. The summed E-state index contributed by atoms with van der Waals surface area (Å²) in [6.07, 6.45) is 5.18. The largest absolute Gasteiger partial charge is 0.338 e. The smallest absolute Gasteiger partial charge is 0.314 e. The van der Waals surface area contributed by atoms with E-state index in [1.165, 1.54) is 16.1 Å². The summed E-state index contributed by atoms with van der Waals surface area (Å²) >= 11 is 0. The Labute approximate surface area is 166 Å². The zero-order valence-corrected chi connectivity index (χ0v) is 16.6. The summed E-state index contributed by atoms with van der Waals surface area (Å²) in [5.74, 6) is 0.278. The minimum Gasteiger partial charge on any atom is -0.338 e. The van der Waals surface area contributed by atoms with E-state index in [0.29, 0.717) is 26.2 Å². The van der Waals surface area contributed by atoms with Crippen molar-refractivity contribution in [3.05, 3.63) is 60.4 Å². The maximum absolute atomic E-state index is 12.6. The number of nitrogens with one attached hydrogen (secondary N) is 2. The third-order valence-electron chi connectivity index (χ3n) is 4.94. The first-order chi connectivity index (χ1) is 13.6. The molecule has 1 aliphatic heterocycles. The second-order valence-electron chi connectivity index (χ2n) is 6.91. The quantitative estimate of drug-likeness (QED) is 0.741. The number of aromatic nitrogens is 1. The van der Waals surface area contributed by atoms with Crippen molar-refractivity contribution in [1.82, 2.24) is 19.9 Å². The molecule has 2 aromatic rings. The average Bonchev–Trinajstić information content (AvgIpc) is 2.74. The van der Waals surface area contributed by atoms with Gasteiger partial charge in [0.2, 0.25) is 10.0 Å². The van der Waals surface area contributed by atoms with E-state index in [1.54, 1.807) is 18.3 Å². The minimum absolute atomic E-state index is 0.179. The molecule has 0 spiro atoms. The molecular weight excluding hydrogens is 376 g/mol. The van der Waals surface area contributed by atoms with Gasteiger partial charge in [0.25, 0.3) is 0 Å². The Balaban J connectivity index is 1.37. The van der Waals surface area contributed by atoms with E-state index >= 15 is 0 Å². The van der Waals surface area contributed by atoms with E-state index < -0.39 is 10.0 Å². The zero-order chi connectivity index (χ0) is 19.8. The normalized spacial score (nSPS) is 15.9. The fraction of sp³-hybridized carbons (Fsp3) is 0.400. The van der Waals surface area contributed by atoms with Crippen molar-refractivity contribution < 1.29 is 13.2 Å². The number of hydrogen-bond donors (Lipinski definition) is 2. The second kappa shape index (κ2) is 9.66. The third-order valence-corrected chi connectivity index (χ3v) is 6.82. The monoisotopic (exact) mass is 402 g/mol. The number of urea groups is 1. The number of rotatable bonds is 7. The summed E-state index contributed by atoms with van der Waals surface area (Å²) in [4.78, 5) is 16.1. The van der Waals surface area contributed by atoms with Crippen LogP contribution in [0.25, 0.3) is 0 Å². The molecule has 2 amide bonds. The van der Waals surface area contributed by atoms with Crippen LogP contribution < -0.4 is 10.6 Å². The van der Waals surface area contributed by atoms with Gasteiger partial charge in [-0.1, -0.05) is 30.3 Å². The summed E-state index contributed by atoms with van der Waals surface area (Å²) in [6.45, 7) is 2.05. The number of piperidine rings is 1. The van der Waals surface area contributed by atoms with Gasteiger partial charge in [-0.15, -0.1) is 0 Å². The Morgan fingerprint density at radius 2 is 1.82 bits per heavy atom. The molecule has 0 radical (unpaired) electrons. The summed E-state index contributed by atoms with van der Waals surface area (Å²) < 4.78 is 26.7. The first kappa shape index (κ1) is 20.3. The Kier molecular flexibility index (Phi) is 7.00. The Morgan fingerprint density at radius 1 is 1.07 bits per heavy atom. The summed E-state index contributed by atoms with van der Waals surface area (Å²) in [5, 5.41) is 5.76. The summed E-state index contributed by atoms with van der Waals surface area (Å²) in [6, 6.07) is 13.0. The number of benzene rings is 1. The topological polar surface area (TPSA) is 91.4 Å². The highest BCUT2D eigenvalue weighted by Crippen LogP contribution is 2.22. The Hall–Kier alpha value is -2.45. The van der Waals surface area contributed by atoms with Gasteiger partial charge in [-0.25, -0.2) is 13.2 Å². The van der Waals surface area contributed by atoms with Crippen molar-refractivity contribution in [3.8, 4) is 0 Å². The molecule has 0 aliphatic carbocycles. The standard InChI is InChI=1S/C20H26N4O3S/c25-20(22-12-8-17-5-2-1-3-6-17)23-15-18-9-13-24(14-10-18)28(26,27)19-7-4-11-21-16-19/h1-7,11,16,18H,8-10,12-15H2,(H2,22,23,25). The SMILES string of the molecule is O=C(NCCc1ccccc1)NCC1CCN(S(=O)(=O)c2cccnc2)CC1. The molecule has 7 nitrogen and oxygen atoms in total. The highest BCUT2D eigenvalue weighted by molar-refractivity contribution is 7.89. The van der Waals surface area contributed by atoms with Crippen LogP contribution in [0.1, 0.15) is 18.4 Å². The van der Waals surface area contributed by atoms with Crippen LogP contribution in [0.3, 0.4) is 0 Å². The lowest BCUT2D eigenvalue weighted by molar-refractivity contribution is 0.231. The molecule has 0 bridgehead atoms. The van der Waals surface area contributed by atoms with Crippen LogP contribution in [0.2, 0.25) is 0 Å². The number of amides is 2. The molecular formula is C20H26N4O3S. The van der Waals surface area contributed by atoms with Gasteiger partial charge in [-0.05, 0) is 42.9 Å². The van der Waals surface area contributed by atoms with Crippen molar-refractivity contribution in [2.45, 2.75) is 24.2 Å². The maximum Gasteiger partial charge on any atom is 0.314 e. The highest BCUT2D eigenvalue weighted by atomic mass is 32.2. The number of pyridine rings is 1. The second-order valence-corrected chi connectivity index (χ2v) is 8.85. The molecule has 0 unspecified atom stereocenters. The maximum atomic E-state index is 12.6. The van der Waals surface area contributed by atoms with E-state index in [1.807, 2.05) is 30.3 Å². The molecule has 1 saturated heterocycles. The van der Waals surface area contributed by atoms with Gasteiger partial charge in [-0.2, -0.15) is 4.31 Å². The van der Waals surface area contributed by atoms with Crippen molar-refractivity contribution in [1.29, 1.82) is 0 Å². The first-order valence-corrected chi connectivity index (χ1v) is 11.0. The first-order valence-electron chi connectivity index (χ1n) is 9.51. The van der Waals surface area contributed by atoms with Gasteiger partial charge in [0.05, 0.1) is 0 Å². The minimum atomic E-state index is -3.48. The number of nitrogens with zero attached hydrogens (tertiary/aromatic N) is 2. The van der Waals surface area contributed by atoms with Crippen LogP contribution >= 0.6 is 0 Å². The van der Waals surface area contributed by atoms with Gasteiger partial charge in [0.15, 0.2) is 0 Å². The van der Waals surface area contributed by atoms with Gasteiger partial charge >= 0.3 is 6.03 Å². The lowest BCUT2D eigenvalue weighted by Gasteiger charge is -2.31. The number of carbonyl (C=O) groups is 1. The molecule has 2 heterocycles. The van der Waals surface area contributed by atoms with E-state index in [2.05, 4.69) is 15.6 Å². The molecule has 0 atom stereocenters. The molecule has 0 saturated carbocycles. The Morgan fingerprint density at radius 3 is 2.50 bits per heavy atom. The van der Waals surface area contributed by atoms with Crippen LogP contribution in [0, 0.1) is 5.92 Å². The highest BCUT2D eigenvalue weighted by Gasteiger charge is 2.29. The fourth-order valence-corrected chi connectivity index (χ4v) is 4.70. The van der Waals surface area contributed by atoms with E-state index in [9.17, 15) is 13.2 Å². The predicted molar refractivity (Wildman–Crippen MR) is 107 cm³/mol. The Bertz CT molecular complexity index is 852. The lowest BCUT2D eigenvalue weighted by atomic mass is 9.98. The lowest BCUT2D eigenvalue weighted by Crippen LogP contribution is -2.43. The van der Waals surface area contributed by atoms with Crippen LogP contribution in [-0.4, -0.2) is 49.9 Å². The van der Waals surface area contributed by atoms with E-state index in [4.69, 9.17) is 0 Å². The van der Waals surface area contributed by atoms with Crippen molar-refractivity contribution >= 4 is 16.1 Å². The van der Waals surface area contributed by atoms with Crippen molar-refractivity contribution in [2.75, 3.05) is 26.2 Å². The molecule has 28 heavy (non-hydrogen) atoms. The summed E-state index contributed by atoms with van der Waals surface area (Å²) in [7, 11) is -3.48. The molecule has 150 valence electrons. The van der Waals surface area contributed by atoms with Gasteiger partial charge in [-0.3, -0.25) is 4.98 Å². The molecule has 8 heteroatoms. The van der Waals surface area contributed by atoms with Gasteiger partial charge in [0, 0.05) is 38.6 Å². The van der Waals surface area contributed by atoms with Crippen molar-refractivity contribution in [2.24, 2.45) is 5.92 Å². The average molecular weight is 403 g/mol. The molecule has 1 aromatic heterocycles. The molecule has 2 N–H and O–H groups in total. The van der Waals surface area contributed by atoms with Gasteiger partial charge < -0.3 is 10.6 Å². The fourth-order valence-electron chi connectivity index (χ4n) is 3.27. The van der Waals surface area contributed by atoms with Crippen LogP contribution in [0.15, 0.2) is 59.8 Å². The van der Waals surface area contributed by atoms with Crippen LogP contribution in [0.4, 0.5) is 4.79 Å². The number of hydrogen-bond acceptors (Lipinski definition) is 4. The number of carbonyl (C=O) groups excluding carboxylic acids is 1. The van der Waals surface area contributed by atoms with E-state index in [0.717, 1.165) is 19.3 Å². The third kappa shape index (κ3) is 5.53. The van der Waals surface area contributed by atoms with E-state index in [-0.39, 0.29) is 16.8 Å². The molecule has 1 aromatic carbocycles. The summed E-state index contributed by atoms with van der Waals surface area (Å²) in [5.41, 5.74) is 1.19. The predicted octanol–water partition coefficient (Wildman–Crippen LogP) is 2.02. The van der Waals surface area contributed by atoms with Gasteiger partial charge in [0.1, 0.15) is 4.90 Å². The molecule has 1 fully saturated rings. The van der Waals surface area contributed by atoms with Crippen molar-refractivity contribution in [3.63, 3.8) is 0 Å². The molecule has 1 aliphatic rings. The number of sulfonamides is 1. The molecule has 3 rings (SSSR count).